The van der Waals surface area contributed by atoms with E-state index in [0.717, 1.165) is 25.7 Å². The number of carbonyl (C=O) groups is 2. The third-order valence-electron chi connectivity index (χ3n) is 5.09. The zero-order chi connectivity index (χ0) is 15.0. The Hall–Kier alpha value is -1.88. The molecule has 0 aromatic heterocycles. The summed E-state index contributed by atoms with van der Waals surface area (Å²) in [6.45, 7) is 4.04. The van der Waals surface area contributed by atoms with E-state index in [2.05, 4.69) is 5.32 Å². The molecule has 0 unspecified atom stereocenters. The maximum absolute atomic E-state index is 12.2. The van der Waals surface area contributed by atoms with Crippen molar-refractivity contribution in [2.45, 2.75) is 52.4 Å². The summed E-state index contributed by atoms with van der Waals surface area (Å²) in [5.74, 6) is -1.14. The van der Waals surface area contributed by atoms with E-state index in [1.807, 2.05) is 26.0 Å². The summed E-state index contributed by atoms with van der Waals surface area (Å²) in [6.07, 6.45) is 4.63. The largest absolute Gasteiger partial charge is 0.293 e. The van der Waals surface area contributed by atoms with E-state index in [4.69, 9.17) is 0 Å². The average Bonchev–Trinajstić information content (AvgIpc) is 2.90. The molecule has 1 aliphatic heterocycles. The van der Waals surface area contributed by atoms with Gasteiger partial charge in [-0.15, -0.1) is 0 Å². The highest BCUT2D eigenvalue weighted by molar-refractivity contribution is 6.19. The molecule has 0 radical (unpaired) electrons. The monoisotopic (exact) mass is 273 g/mol. The van der Waals surface area contributed by atoms with Gasteiger partial charge in [-0.05, 0) is 12.8 Å². The third-order valence-corrected chi connectivity index (χ3v) is 5.09. The van der Waals surface area contributed by atoms with Gasteiger partial charge in [-0.1, -0.05) is 39.5 Å². The van der Waals surface area contributed by atoms with Crippen molar-refractivity contribution in [2.75, 3.05) is 0 Å². The van der Waals surface area contributed by atoms with Crippen LogP contribution in [0.5, 0.6) is 0 Å². The fraction of sp³-hybridized carbons (Fsp3) is 0.733. The van der Waals surface area contributed by atoms with Crippen LogP contribution < -0.4 is 5.32 Å². The van der Waals surface area contributed by atoms with Crippen LogP contribution in [0.25, 0.3) is 0 Å². The van der Waals surface area contributed by atoms with Crippen LogP contribution in [0.15, 0.2) is 0 Å². The van der Waals surface area contributed by atoms with Gasteiger partial charge in [0.05, 0.1) is 12.1 Å². The Bertz CT molecular complexity index is 494. The average molecular weight is 273 g/mol. The van der Waals surface area contributed by atoms with Gasteiger partial charge in [-0.3, -0.25) is 14.9 Å². The predicted octanol–water partition coefficient (Wildman–Crippen LogP) is 2.04. The molecule has 1 heterocycles. The van der Waals surface area contributed by atoms with Crippen molar-refractivity contribution in [1.82, 2.24) is 5.32 Å². The number of hydrogen-bond acceptors (Lipinski definition) is 4. The van der Waals surface area contributed by atoms with Gasteiger partial charge >= 0.3 is 0 Å². The Labute approximate surface area is 118 Å². The summed E-state index contributed by atoms with van der Waals surface area (Å²) in [6, 6.07) is 4.08. The van der Waals surface area contributed by atoms with Crippen LogP contribution in [0.3, 0.4) is 0 Å². The van der Waals surface area contributed by atoms with Crippen LogP contribution in [-0.4, -0.2) is 11.8 Å². The number of piperidine rings is 1. The lowest BCUT2D eigenvalue weighted by Gasteiger charge is -2.22. The van der Waals surface area contributed by atoms with Crippen molar-refractivity contribution in [3.63, 3.8) is 0 Å². The first-order chi connectivity index (χ1) is 9.54. The molecule has 5 heteroatoms. The maximum atomic E-state index is 12.2. The minimum Gasteiger partial charge on any atom is -0.293 e. The van der Waals surface area contributed by atoms with Gasteiger partial charge in [0, 0.05) is 5.41 Å². The SMILES string of the molecule is CCCCC1(CCCC)[C@]2(C#N)C(=O)NC(=O)[C@]12C#N. The van der Waals surface area contributed by atoms with Gasteiger partial charge < -0.3 is 0 Å². The fourth-order valence-corrected chi connectivity index (χ4v) is 4.07. The maximum Gasteiger partial charge on any atom is 0.249 e. The lowest BCUT2D eigenvalue weighted by Crippen LogP contribution is -2.37. The minimum atomic E-state index is -1.46. The number of rotatable bonds is 6. The quantitative estimate of drug-likeness (QED) is 0.749. The van der Waals surface area contributed by atoms with Gasteiger partial charge in [0.2, 0.25) is 11.8 Å². The molecule has 1 saturated carbocycles. The van der Waals surface area contributed by atoms with Crippen molar-refractivity contribution in [1.29, 1.82) is 10.5 Å². The molecule has 1 aliphatic carbocycles. The molecule has 2 atom stereocenters. The van der Waals surface area contributed by atoms with Crippen LogP contribution >= 0.6 is 0 Å². The van der Waals surface area contributed by atoms with Crippen LogP contribution in [0.1, 0.15) is 52.4 Å². The standard InChI is InChI=1S/C15H19N3O2/c1-3-5-7-13(8-6-4-2)14(9-16)11(19)18-12(20)15(13,14)10-17/h3-8H2,1-2H3,(H,18,19,20)/t14-,15+. The van der Waals surface area contributed by atoms with Crippen LogP contribution in [0.2, 0.25) is 0 Å². The molecule has 2 fully saturated rings. The van der Waals surface area contributed by atoms with Crippen molar-refractivity contribution in [3.05, 3.63) is 0 Å². The van der Waals surface area contributed by atoms with E-state index in [0.29, 0.717) is 12.8 Å². The first kappa shape index (κ1) is 14.5. The van der Waals surface area contributed by atoms with Crippen LogP contribution in [-0.2, 0) is 9.59 Å². The Morgan fingerprint density at radius 3 is 1.65 bits per heavy atom. The third kappa shape index (κ3) is 1.21. The molecule has 0 aromatic carbocycles. The first-order valence-electron chi connectivity index (χ1n) is 7.23. The Morgan fingerprint density at radius 2 is 1.35 bits per heavy atom. The lowest BCUT2D eigenvalue weighted by molar-refractivity contribution is -0.131. The normalized spacial score (nSPS) is 33.0. The molecule has 1 N–H and O–H groups in total. The van der Waals surface area contributed by atoms with E-state index in [1.54, 1.807) is 0 Å². The molecule has 2 aliphatic rings. The van der Waals surface area contributed by atoms with E-state index >= 15 is 0 Å². The summed E-state index contributed by atoms with van der Waals surface area (Å²) in [7, 11) is 0. The van der Waals surface area contributed by atoms with Crippen LogP contribution in [0.4, 0.5) is 0 Å². The second-order valence-electron chi connectivity index (χ2n) is 5.80. The molecular formula is C15H19N3O2. The lowest BCUT2D eigenvalue weighted by atomic mass is 9.81. The van der Waals surface area contributed by atoms with Gasteiger partial charge in [0.1, 0.15) is 0 Å². The van der Waals surface area contributed by atoms with E-state index in [-0.39, 0.29) is 0 Å². The Balaban J connectivity index is 2.52. The van der Waals surface area contributed by atoms with Crippen LogP contribution in [0, 0.1) is 38.9 Å². The summed E-state index contributed by atoms with van der Waals surface area (Å²) < 4.78 is 0. The van der Waals surface area contributed by atoms with Crippen molar-refractivity contribution in [3.8, 4) is 12.1 Å². The Kier molecular flexibility index (Phi) is 3.34. The highest BCUT2D eigenvalue weighted by atomic mass is 16.2. The first-order valence-corrected chi connectivity index (χ1v) is 7.23. The number of nitrogens with zero attached hydrogens (tertiary/aromatic N) is 2. The second kappa shape index (κ2) is 4.59. The minimum absolute atomic E-state index is 0.571. The number of unbranched alkanes of at least 4 members (excludes halogenated alkanes) is 2. The van der Waals surface area contributed by atoms with Crippen molar-refractivity contribution in [2.24, 2.45) is 16.2 Å². The van der Waals surface area contributed by atoms with Gasteiger partial charge in [-0.2, -0.15) is 10.5 Å². The van der Waals surface area contributed by atoms with Crippen molar-refractivity contribution >= 4 is 11.8 Å². The highest BCUT2D eigenvalue weighted by Crippen LogP contribution is 2.83. The summed E-state index contributed by atoms with van der Waals surface area (Å²) in [4.78, 5) is 24.4. The van der Waals surface area contributed by atoms with E-state index in [1.165, 1.54) is 0 Å². The second-order valence-corrected chi connectivity index (χ2v) is 5.80. The fourth-order valence-electron chi connectivity index (χ4n) is 4.07. The number of nitrogens with one attached hydrogen (secondary N) is 1. The zero-order valence-corrected chi connectivity index (χ0v) is 12.0. The molecular weight excluding hydrogens is 254 g/mol. The molecule has 0 bridgehead atoms. The van der Waals surface area contributed by atoms with Crippen molar-refractivity contribution < 1.29 is 9.59 Å². The smallest absolute Gasteiger partial charge is 0.249 e. The summed E-state index contributed by atoms with van der Waals surface area (Å²) in [5, 5.41) is 21.3. The van der Waals surface area contributed by atoms with E-state index < -0.39 is 28.1 Å². The topological polar surface area (TPSA) is 93.8 Å². The molecule has 1 saturated heterocycles. The predicted molar refractivity (Wildman–Crippen MR) is 70.7 cm³/mol. The highest BCUT2D eigenvalue weighted by Gasteiger charge is 2.97. The molecule has 2 rings (SSSR count). The summed E-state index contributed by atoms with van der Waals surface area (Å²) in [5.41, 5.74) is -3.71. The summed E-state index contributed by atoms with van der Waals surface area (Å²) >= 11 is 0. The van der Waals surface area contributed by atoms with Gasteiger partial charge in [-0.25, -0.2) is 0 Å². The molecule has 20 heavy (non-hydrogen) atoms. The molecule has 0 spiro atoms. The molecule has 0 aromatic rings. The molecule has 5 nitrogen and oxygen atoms in total. The zero-order valence-electron chi connectivity index (χ0n) is 12.0. The Morgan fingerprint density at radius 1 is 0.950 bits per heavy atom. The van der Waals surface area contributed by atoms with E-state index in [9.17, 15) is 20.1 Å². The molecule has 106 valence electrons. The number of amides is 2. The number of hydrogen-bond donors (Lipinski definition) is 1. The number of imide groups is 1. The number of fused-ring (bicyclic) bond motifs is 1. The molecule has 2 amide bonds. The number of nitriles is 2. The number of carbonyl (C=O) groups excluding carboxylic acids is 2. The van der Waals surface area contributed by atoms with Gasteiger partial charge in [0.25, 0.3) is 0 Å². The van der Waals surface area contributed by atoms with Gasteiger partial charge in [0.15, 0.2) is 10.8 Å².